The molecular formula is C23H27N3O5. The SMILES string of the molecule is CC(=O)CCC(NC(=O)Nc1ccc(COC(=O)N(C)c2ccccc2)cc1)C(C)=O. The van der Waals surface area contributed by atoms with Crippen LogP contribution in [0.2, 0.25) is 0 Å². The van der Waals surface area contributed by atoms with Crippen LogP contribution in [0.3, 0.4) is 0 Å². The Bertz CT molecular complexity index is 913. The molecule has 2 aromatic rings. The number of ether oxygens (including phenoxy) is 1. The van der Waals surface area contributed by atoms with Crippen molar-refractivity contribution >= 4 is 35.1 Å². The Labute approximate surface area is 181 Å². The van der Waals surface area contributed by atoms with Crippen LogP contribution in [0.15, 0.2) is 54.6 Å². The Hall–Kier alpha value is -3.68. The van der Waals surface area contributed by atoms with Gasteiger partial charge in [-0.05, 0) is 50.1 Å². The molecule has 2 rings (SSSR count). The molecule has 8 heteroatoms. The zero-order chi connectivity index (χ0) is 22.8. The van der Waals surface area contributed by atoms with Gasteiger partial charge in [-0.1, -0.05) is 30.3 Å². The summed E-state index contributed by atoms with van der Waals surface area (Å²) in [7, 11) is 1.63. The lowest BCUT2D eigenvalue weighted by molar-refractivity contribution is -0.119. The van der Waals surface area contributed by atoms with Crippen molar-refractivity contribution in [3.8, 4) is 0 Å². The third kappa shape index (κ3) is 7.93. The minimum absolute atomic E-state index is 0.0419. The number of carbonyl (C=O) groups excluding carboxylic acids is 4. The molecule has 1 unspecified atom stereocenters. The van der Waals surface area contributed by atoms with Crippen molar-refractivity contribution in [3.05, 3.63) is 60.2 Å². The quantitative estimate of drug-likeness (QED) is 0.634. The fraction of sp³-hybridized carbons (Fsp3) is 0.304. The minimum atomic E-state index is -0.718. The van der Waals surface area contributed by atoms with E-state index >= 15 is 0 Å². The van der Waals surface area contributed by atoms with E-state index in [0.717, 1.165) is 11.3 Å². The first kappa shape index (κ1) is 23.6. The summed E-state index contributed by atoms with van der Waals surface area (Å²) >= 11 is 0. The molecule has 0 bridgehead atoms. The molecule has 1 atom stereocenters. The van der Waals surface area contributed by atoms with Crippen molar-refractivity contribution in [1.82, 2.24) is 5.32 Å². The van der Waals surface area contributed by atoms with Crippen molar-refractivity contribution in [1.29, 1.82) is 0 Å². The van der Waals surface area contributed by atoms with Crippen LogP contribution in [0.4, 0.5) is 21.0 Å². The average Bonchev–Trinajstić information content (AvgIpc) is 2.75. The molecule has 0 aliphatic heterocycles. The second kappa shape index (κ2) is 11.5. The van der Waals surface area contributed by atoms with E-state index in [2.05, 4.69) is 10.6 Å². The normalized spacial score (nSPS) is 11.2. The number of benzene rings is 2. The van der Waals surface area contributed by atoms with Gasteiger partial charge in [0.1, 0.15) is 12.4 Å². The van der Waals surface area contributed by atoms with Gasteiger partial charge >= 0.3 is 12.1 Å². The first-order valence-electron chi connectivity index (χ1n) is 9.88. The highest BCUT2D eigenvalue weighted by molar-refractivity contribution is 5.94. The molecule has 0 fully saturated rings. The third-order valence-corrected chi connectivity index (χ3v) is 4.57. The number of Topliss-reactive ketones (excluding diaryl/α,β-unsaturated/α-hetero) is 2. The molecule has 0 heterocycles. The van der Waals surface area contributed by atoms with Gasteiger partial charge < -0.3 is 20.2 Å². The molecule has 0 aromatic heterocycles. The maximum atomic E-state index is 12.2. The van der Waals surface area contributed by atoms with Crippen molar-refractivity contribution < 1.29 is 23.9 Å². The molecule has 0 aliphatic rings. The van der Waals surface area contributed by atoms with E-state index < -0.39 is 18.2 Å². The summed E-state index contributed by atoms with van der Waals surface area (Å²) < 4.78 is 5.31. The van der Waals surface area contributed by atoms with Gasteiger partial charge in [-0.15, -0.1) is 0 Å². The lowest BCUT2D eigenvalue weighted by Crippen LogP contribution is -2.42. The second-order valence-electron chi connectivity index (χ2n) is 7.15. The van der Waals surface area contributed by atoms with Gasteiger partial charge in [-0.2, -0.15) is 0 Å². The summed E-state index contributed by atoms with van der Waals surface area (Å²) in [6.45, 7) is 2.89. The molecule has 0 aliphatic carbocycles. The van der Waals surface area contributed by atoms with E-state index in [-0.39, 0.29) is 31.0 Å². The third-order valence-electron chi connectivity index (χ3n) is 4.57. The van der Waals surface area contributed by atoms with E-state index in [1.54, 1.807) is 31.3 Å². The van der Waals surface area contributed by atoms with Gasteiger partial charge in [-0.25, -0.2) is 9.59 Å². The molecule has 0 spiro atoms. The number of rotatable bonds is 9. The molecule has 2 aromatic carbocycles. The summed E-state index contributed by atoms with van der Waals surface area (Å²) in [4.78, 5) is 48.5. The lowest BCUT2D eigenvalue weighted by Gasteiger charge is -2.17. The Balaban J connectivity index is 1.84. The van der Waals surface area contributed by atoms with Crippen molar-refractivity contribution in [2.45, 2.75) is 39.3 Å². The van der Waals surface area contributed by atoms with Gasteiger partial charge in [0, 0.05) is 24.8 Å². The largest absolute Gasteiger partial charge is 0.444 e. The summed E-state index contributed by atoms with van der Waals surface area (Å²) in [5.74, 6) is -0.256. The number of ketones is 2. The highest BCUT2D eigenvalue weighted by atomic mass is 16.6. The predicted octanol–water partition coefficient (Wildman–Crippen LogP) is 3.91. The number of hydrogen-bond donors (Lipinski definition) is 2. The Morgan fingerprint density at radius 1 is 0.968 bits per heavy atom. The number of carbonyl (C=O) groups is 4. The van der Waals surface area contributed by atoms with Crippen LogP contribution in [0.25, 0.3) is 0 Å². The van der Waals surface area contributed by atoms with Crippen LogP contribution in [0, 0.1) is 0 Å². The van der Waals surface area contributed by atoms with Crippen molar-refractivity contribution in [2.24, 2.45) is 0 Å². The highest BCUT2D eigenvalue weighted by Crippen LogP contribution is 2.14. The number of nitrogens with one attached hydrogen (secondary N) is 2. The number of urea groups is 1. The van der Waals surface area contributed by atoms with Gasteiger partial charge in [0.2, 0.25) is 0 Å². The van der Waals surface area contributed by atoms with Gasteiger partial charge in [-0.3, -0.25) is 9.69 Å². The fourth-order valence-corrected chi connectivity index (χ4v) is 2.73. The zero-order valence-corrected chi connectivity index (χ0v) is 17.9. The summed E-state index contributed by atoms with van der Waals surface area (Å²) in [6, 6.07) is 14.7. The standard InChI is InChI=1S/C23H27N3O5/c1-16(27)9-14-21(17(2)28)25-22(29)24-19-12-10-18(11-13-19)15-31-23(30)26(3)20-7-5-4-6-8-20/h4-8,10-13,21H,9,14-15H2,1-3H3,(H2,24,25,29). The summed E-state index contributed by atoms with van der Waals surface area (Å²) in [5.41, 5.74) is 2.00. The molecule has 0 saturated carbocycles. The first-order chi connectivity index (χ1) is 14.8. The molecule has 8 nitrogen and oxygen atoms in total. The molecule has 164 valence electrons. The van der Waals surface area contributed by atoms with Crippen molar-refractivity contribution in [3.63, 3.8) is 0 Å². The number of amides is 3. The smallest absolute Gasteiger partial charge is 0.414 e. The number of nitrogens with zero attached hydrogens (tertiary/aromatic N) is 1. The minimum Gasteiger partial charge on any atom is -0.444 e. The van der Waals surface area contributed by atoms with Crippen LogP contribution >= 0.6 is 0 Å². The van der Waals surface area contributed by atoms with Crippen LogP contribution in [0.1, 0.15) is 32.3 Å². The monoisotopic (exact) mass is 425 g/mol. The van der Waals surface area contributed by atoms with E-state index in [1.807, 2.05) is 30.3 Å². The molecule has 3 amide bonds. The Kier molecular flexibility index (Phi) is 8.75. The fourth-order valence-electron chi connectivity index (χ4n) is 2.73. The topological polar surface area (TPSA) is 105 Å². The van der Waals surface area contributed by atoms with Gasteiger partial charge in [0.15, 0.2) is 5.78 Å². The maximum absolute atomic E-state index is 12.2. The van der Waals surface area contributed by atoms with E-state index in [0.29, 0.717) is 5.69 Å². The lowest BCUT2D eigenvalue weighted by atomic mass is 10.1. The average molecular weight is 425 g/mol. The predicted molar refractivity (Wildman–Crippen MR) is 118 cm³/mol. The Morgan fingerprint density at radius 2 is 1.61 bits per heavy atom. The van der Waals surface area contributed by atoms with Gasteiger partial charge in [0.05, 0.1) is 6.04 Å². The number of hydrogen-bond acceptors (Lipinski definition) is 5. The van der Waals surface area contributed by atoms with E-state index in [1.165, 1.54) is 18.7 Å². The molecule has 0 radical (unpaired) electrons. The molecule has 2 N–H and O–H groups in total. The number of para-hydroxylation sites is 1. The van der Waals surface area contributed by atoms with Crippen LogP contribution in [-0.2, 0) is 20.9 Å². The van der Waals surface area contributed by atoms with Crippen LogP contribution < -0.4 is 15.5 Å². The molecular weight excluding hydrogens is 398 g/mol. The first-order valence-corrected chi connectivity index (χ1v) is 9.88. The van der Waals surface area contributed by atoms with Gasteiger partial charge in [0.25, 0.3) is 0 Å². The number of anilines is 2. The van der Waals surface area contributed by atoms with E-state index in [9.17, 15) is 19.2 Å². The van der Waals surface area contributed by atoms with Crippen LogP contribution in [-0.4, -0.2) is 36.8 Å². The molecule has 0 saturated heterocycles. The summed E-state index contributed by atoms with van der Waals surface area (Å²) in [6.07, 6.45) is 0.00522. The zero-order valence-electron chi connectivity index (χ0n) is 17.9. The summed E-state index contributed by atoms with van der Waals surface area (Å²) in [5, 5.41) is 5.22. The Morgan fingerprint density at radius 3 is 2.19 bits per heavy atom. The van der Waals surface area contributed by atoms with Crippen molar-refractivity contribution in [2.75, 3.05) is 17.3 Å². The maximum Gasteiger partial charge on any atom is 0.414 e. The second-order valence-corrected chi connectivity index (χ2v) is 7.15. The highest BCUT2D eigenvalue weighted by Gasteiger charge is 2.17. The molecule has 31 heavy (non-hydrogen) atoms. The van der Waals surface area contributed by atoms with E-state index in [4.69, 9.17) is 4.74 Å². The van der Waals surface area contributed by atoms with Crippen LogP contribution in [0.5, 0.6) is 0 Å².